The molecule has 0 aromatic carbocycles. The largest absolute Gasteiger partial charge is 0.446 e. The van der Waals surface area contributed by atoms with Crippen LogP contribution in [-0.2, 0) is 10.3 Å². The van der Waals surface area contributed by atoms with Crippen LogP contribution in [0.2, 0.25) is 0 Å². The fraction of sp³-hybridized carbons (Fsp3) is 0.571. The zero-order valence-electron chi connectivity index (χ0n) is 13.0. The molecule has 7 nitrogen and oxygen atoms in total. The highest BCUT2D eigenvalue weighted by molar-refractivity contribution is 9.10. The number of azide groups is 1. The topological polar surface area (TPSA) is 100.0 Å². The monoisotopic (exact) mass is 385 g/mol. The van der Waals surface area contributed by atoms with Gasteiger partial charge in [0.1, 0.15) is 10.7 Å². The second-order valence-electron chi connectivity index (χ2n) is 6.50. The molecule has 1 amide bonds. The maximum Gasteiger partial charge on any atom is 0.407 e. The molecule has 0 spiro atoms. The van der Waals surface area contributed by atoms with Gasteiger partial charge in [-0.1, -0.05) is 11.2 Å². The number of amides is 1. The van der Waals surface area contributed by atoms with E-state index in [1.165, 1.54) is 6.07 Å². The van der Waals surface area contributed by atoms with Crippen LogP contribution in [0.3, 0.4) is 0 Å². The molecule has 1 fully saturated rings. The van der Waals surface area contributed by atoms with E-state index in [1.807, 2.05) is 20.8 Å². The molecule has 0 bridgehead atoms. The number of ether oxygens (including phenoxy) is 1. The fourth-order valence-electron chi connectivity index (χ4n) is 2.46. The van der Waals surface area contributed by atoms with Crippen LogP contribution in [0.15, 0.2) is 21.9 Å². The summed E-state index contributed by atoms with van der Waals surface area (Å²) >= 11 is 3.08. The minimum absolute atomic E-state index is 0.203. The van der Waals surface area contributed by atoms with Gasteiger partial charge < -0.3 is 10.1 Å². The van der Waals surface area contributed by atoms with Crippen LogP contribution in [0.1, 0.15) is 39.2 Å². The molecule has 0 aliphatic heterocycles. The SMILES string of the molecule is CC(C)(C)NC(=O)OC1CC(N=[N+]=[N-])(c2ccc(Br)nc2F)C1. The smallest absolute Gasteiger partial charge is 0.407 e. The minimum Gasteiger partial charge on any atom is -0.446 e. The van der Waals surface area contributed by atoms with E-state index in [0.29, 0.717) is 4.60 Å². The number of carbonyl (C=O) groups excluding carboxylic acids is 1. The molecule has 0 atom stereocenters. The number of nitrogens with zero attached hydrogens (tertiary/aromatic N) is 4. The van der Waals surface area contributed by atoms with Crippen molar-refractivity contribution in [1.29, 1.82) is 0 Å². The number of nitrogens with one attached hydrogen (secondary N) is 1. The molecule has 0 unspecified atom stereocenters. The summed E-state index contributed by atoms with van der Waals surface area (Å²) in [5, 5.41) is 6.41. The van der Waals surface area contributed by atoms with Gasteiger partial charge >= 0.3 is 6.09 Å². The fourth-order valence-corrected chi connectivity index (χ4v) is 2.75. The van der Waals surface area contributed by atoms with E-state index in [1.54, 1.807) is 6.07 Å². The summed E-state index contributed by atoms with van der Waals surface area (Å²) < 4.78 is 19.7. The van der Waals surface area contributed by atoms with Gasteiger partial charge in [-0.2, -0.15) is 4.39 Å². The first-order valence-corrected chi connectivity index (χ1v) is 7.82. The van der Waals surface area contributed by atoms with Crippen molar-refractivity contribution in [2.45, 2.75) is 50.8 Å². The second kappa shape index (κ2) is 6.33. The summed E-state index contributed by atoms with van der Waals surface area (Å²) in [6.45, 7) is 5.51. The van der Waals surface area contributed by atoms with Crippen LogP contribution in [0, 0.1) is 5.95 Å². The molecule has 1 aromatic heterocycles. The Bertz CT molecular complexity index is 664. The van der Waals surface area contributed by atoms with Crippen LogP contribution >= 0.6 is 15.9 Å². The first kappa shape index (κ1) is 17.5. The van der Waals surface area contributed by atoms with Gasteiger partial charge in [0, 0.05) is 28.9 Å². The van der Waals surface area contributed by atoms with Crippen LogP contribution in [0.5, 0.6) is 0 Å². The molecule has 124 valence electrons. The Kier molecular flexibility index (Phi) is 4.81. The molecule has 1 N–H and O–H groups in total. The van der Waals surface area contributed by atoms with E-state index < -0.39 is 29.2 Å². The Morgan fingerprint density at radius 1 is 1.57 bits per heavy atom. The molecule has 1 aliphatic rings. The highest BCUT2D eigenvalue weighted by Gasteiger charge is 2.49. The lowest BCUT2D eigenvalue weighted by Gasteiger charge is -2.43. The second-order valence-corrected chi connectivity index (χ2v) is 7.32. The van der Waals surface area contributed by atoms with Crippen LogP contribution in [-0.4, -0.2) is 22.7 Å². The molecule has 0 radical (unpaired) electrons. The molecule has 1 saturated carbocycles. The van der Waals surface area contributed by atoms with Gasteiger partial charge in [-0.15, -0.1) is 0 Å². The average Bonchev–Trinajstić information content (AvgIpc) is 2.33. The van der Waals surface area contributed by atoms with Gasteiger partial charge in [0.05, 0.1) is 5.54 Å². The molecule has 1 heterocycles. The number of hydrogen-bond acceptors (Lipinski definition) is 4. The van der Waals surface area contributed by atoms with Crippen LogP contribution in [0.25, 0.3) is 10.4 Å². The minimum atomic E-state index is -1.07. The van der Waals surface area contributed by atoms with Crippen molar-refractivity contribution in [3.8, 4) is 0 Å². The first-order chi connectivity index (χ1) is 10.6. The van der Waals surface area contributed by atoms with Gasteiger partial charge in [-0.25, -0.2) is 9.78 Å². The van der Waals surface area contributed by atoms with Crippen molar-refractivity contribution in [1.82, 2.24) is 10.3 Å². The van der Waals surface area contributed by atoms with E-state index in [9.17, 15) is 9.18 Å². The van der Waals surface area contributed by atoms with Crippen LogP contribution < -0.4 is 5.32 Å². The first-order valence-electron chi connectivity index (χ1n) is 7.03. The van der Waals surface area contributed by atoms with Crippen molar-refractivity contribution in [3.63, 3.8) is 0 Å². The molecule has 0 saturated heterocycles. The summed E-state index contributed by atoms with van der Waals surface area (Å²) in [6, 6.07) is 3.10. The van der Waals surface area contributed by atoms with Crippen molar-refractivity contribution in [2.24, 2.45) is 5.11 Å². The molecule has 1 aliphatic carbocycles. The number of halogens is 2. The van der Waals surface area contributed by atoms with Gasteiger partial charge in [-0.05, 0) is 48.3 Å². The van der Waals surface area contributed by atoms with E-state index >= 15 is 0 Å². The van der Waals surface area contributed by atoms with Crippen molar-refractivity contribution in [2.75, 3.05) is 0 Å². The molecule has 23 heavy (non-hydrogen) atoms. The third kappa shape index (κ3) is 4.11. The van der Waals surface area contributed by atoms with E-state index in [0.717, 1.165) is 0 Å². The maximum atomic E-state index is 14.1. The highest BCUT2D eigenvalue weighted by Crippen LogP contribution is 2.47. The quantitative estimate of drug-likeness (QED) is 0.365. The van der Waals surface area contributed by atoms with Crippen molar-refractivity contribution < 1.29 is 13.9 Å². The summed E-state index contributed by atoms with van der Waals surface area (Å²) in [4.78, 5) is 18.2. The number of rotatable bonds is 3. The molecule has 9 heteroatoms. The Hall–Kier alpha value is -1.86. The summed E-state index contributed by atoms with van der Waals surface area (Å²) in [7, 11) is 0. The standard InChI is InChI=1S/C14H17BrFN5O2/c1-13(2,3)19-12(22)23-8-6-14(7-8,20-21-17)9-4-5-10(15)18-11(9)16/h4-5,8H,6-7H2,1-3H3,(H,19,22). The number of carbonyl (C=O) groups is 1. The van der Waals surface area contributed by atoms with Gasteiger partial charge in [0.15, 0.2) is 0 Å². The third-order valence-corrected chi connectivity index (χ3v) is 3.88. The normalized spacial score (nSPS) is 23.4. The number of aromatic nitrogens is 1. The van der Waals surface area contributed by atoms with E-state index in [2.05, 4.69) is 36.3 Å². The lowest BCUT2D eigenvalue weighted by Crippen LogP contribution is -2.49. The molecular weight excluding hydrogens is 369 g/mol. The van der Waals surface area contributed by atoms with E-state index in [-0.39, 0.29) is 18.4 Å². The van der Waals surface area contributed by atoms with Crippen LogP contribution in [0.4, 0.5) is 9.18 Å². The Labute approximate surface area is 141 Å². The Morgan fingerprint density at radius 3 is 2.74 bits per heavy atom. The average molecular weight is 386 g/mol. The number of pyridine rings is 1. The molecule has 1 aromatic rings. The van der Waals surface area contributed by atoms with Crippen molar-refractivity contribution >= 4 is 22.0 Å². The Balaban J connectivity index is 2.10. The lowest BCUT2D eigenvalue weighted by molar-refractivity contribution is -0.00274. The van der Waals surface area contributed by atoms with Gasteiger partial charge in [-0.3, -0.25) is 0 Å². The summed E-state index contributed by atoms with van der Waals surface area (Å²) in [6.07, 6.45) is -0.554. The van der Waals surface area contributed by atoms with Crippen molar-refractivity contribution in [3.05, 3.63) is 38.7 Å². The summed E-state index contributed by atoms with van der Waals surface area (Å²) in [5.41, 5.74) is 7.50. The van der Waals surface area contributed by atoms with Gasteiger partial charge in [0.25, 0.3) is 0 Å². The number of alkyl carbamates (subject to hydrolysis) is 1. The maximum absolute atomic E-state index is 14.1. The van der Waals surface area contributed by atoms with Gasteiger partial charge in [0.2, 0.25) is 5.95 Å². The zero-order valence-corrected chi connectivity index (χ0v) is 14.6. The zero-order chi connectivity index (χ0) is 17.3. The third-order valence-electron chi connectivity index (χ3n) is 3.43. The lowest BCUT2D eigenvalue weighted by atomic mass is 9.70. The highest BCUT2D eigenvalue weighted by atomic mass is 79.9. The molecule has 2 rings (SSSR count). The summed E-state index contributed by atoms with van der Waals surface area (Å²) in [5.74, 6) is -0.704. The molecular formula is C14H17BrFN5O2. The predicted molar refractivity (Wildman–Crippen MR) is 85.1 cm³/mol. The predicted octanol–water partition coefficient (Wildman–Crippen LogP) is 4.18. The Morgan fingerprint density at radius 2 is 2.22 bits per heavy atom. The number of hydrogen-bond donors (Lipinski definition) is 1. The van der Waals surface area contributed by atoms with E-state index in [4.69, 9.17) is 10.3 Å².